The van der Waals surface area contributed by atoms with Crippen LogP contribution in [0.5, 0.6) is 0 Å². The van der Waals surface area contributed by atoms with Crippen LogP contribution in [-0.2, 0) is 6.67 Å². The van der Waals surface area contributed by atoms with Crippen molar-refractivity contribution in [3.63, 3.8) is 0 Å². The Labute approximate surface area is 132 Å². The van der Waals surface area contributed by atoms with Gasteiger partial charge < -0.3 is 10.6 Å². The second-order valence-electron chi connectivity index (χ2n) is 4.61. The van der Waals surface area contributed by atoms with Gasteiger partial charge >= 0.3 is 0 Å². The van der Waals surface area contributed by atoms with Crippen LogP contribution in [0.15, 0.2) is 49.3 Å². The molecule has 1 aromatic carbocycles. The van der Waals surface area contributed by atoms with E-state index >= 15 is 0 Å². The average molecular weight is 313 g/mol. The lowest BCUT2D eigenvalue weighted by Gasteiger charge is -2.06. The second kappa shape index (κ2) is 6.35. The van der Waals surface area contributed by atoms with Crippen molar-refractivity contribution in [2.45, 2.75) is 6.67 Å². The molecule has 7 nitrogen and oxygen atoms in total. The molecule has 0 aliphatic heterocycles. The lowest BCUT2D eigenvalue weighted by molar-refractivity contribution is 0.502. The Balaban J connectivity index is 1.69. The first-order valence-electron chi connectivity index (χ1n) is 6.72. The van der Waals surface area contributed by atoms with Crippen molar-refractivity contribution in [1.82, 2.24) is 30.1 Å². The highest BCUT2D eigenvalue weighted by Gasteiger charge is 2.05. The van der Waals surface area contributed by atoms with Crippen LogP contribution in [0.2, 0.25) is 0 Å². The van der Waals surface area contributed by atoms with Crippen LogP contribution in [0.4, 0.5) is 5.69 Å². The Hall–Kier alpha value is -2.74. The Morgan fingerprint density at radius 2 is 2.23 bits per heavy atom. The summed E-state index contributed by atoms with van der Waals surface area (Å²) in [5.74, 6) is 0. The highest BCUT2D eigenvalue weighted by atomic mass is 32.1. The number of benzene rings is 1. The molecule has 2 heterocycles. The van der Waals surface area contributed by atoms with E-state index in [1.54, 1.807) is 21.6 Å². The fraction of sp³-hybridized carbons (Fsp3) is 0.143. The van der Waals surface area contributed by atoms with Crippen molar-refractivity contribution in [3.8, 4) is 0 Å². The monoisotopic (exact) mass is 313 g/mol. The lowest BCUT2D eigenvalue weighted by Crippen LogP contribution is -2.28. The third kappa shape index (κ3) is 3.12. The van der Waals surface area contributed by atoms with Crippen molar-refractivity contribution in [2.75, 3.05) is 11.9 Å². The third-order valence-corrected chi connectivity index (χ3v) is 3.24. The molecule has 2 N–H and O–H groups in total. The zero-order valence-electron chi connectivity index (χ0n) is 11.8. The number of fused-ring (bicyclic) bond motifs is 1. The Bertz CT molecular complexity index is 804. The van der Waals surface area contributed by atoms with Crippen LogP contribution in [-0.4, -0.2) is 36.4 Å². The Kier molecular flexibility index (Phi) is 4.10. The van der Waals surface area contributed by atoms with Gasteiger partial charge in [0.25, 0.3) is 0 Å². The molecule has 0 saturated carbocycles. The third-order valence-electron chi connectivity index (χ3n) is 3.00. The maximum atomic E-state index is 5.16. The molecule has 0 radical (unpaired) electrons. The van der Waals surface area contributed by atoms with Crippen molar-refractivity contribution in [1.29, 1.82) is 0 Å². The van der Waals surface area contributed by atoms with Crippen LogP contribution in [0, 0.1) is 0 Å². The van der Waals surface area contributed by atoms with E-state index in [1.165, 1.54) is 0 Å². The minimum Gasteiger partial charge on any atom is -0.359 e. The zero-order valence-corrected chi connectivity index (χ0v) is 12.6. The summed E-state index contributed by atoms with van der Waals surface area (Å²) in [6, 6.07) is 7.81. The summed E-state index contributed by atoms with van der Waals surface area (Å²) >= 11 is 5.16. The molecule has 0 aliphatic carbocycles. The molecule has 0 bridgehead atoms. The van der Waals surface area contributed by atoms with Gasteiger partial charge in [-0.1, -0.05) is 23.4 Å². The molecule has 0 unspecified atom stereocenters. The van der Waals surface area contributed by atoms with Gasteiger partial charge in [0, 0.05) is 6.54 Å². The molecule has 3 aromatic rings. The number of para-hydroxylation sites is 1. The predicted octanol–water partition coefficient (Wildman–Crippen LogP) is 1.61. The quantitative estimate of drug-likeness (QED) is 0.551. The van der Waals surface area contributed by atoms with Gasteiger partial charge in [0.1, 0.15) is 12.2 Å². The van der Waals surface area contributed by atoms with Crippen molar-refractivity contribution in [2.24, 2.45) is 0 Å². The molecule has 2 aromatic heterocycles. The Morgan fingerprint density at radius 3 is 3.09 bits per heavy atom. The molecule has 3 rings (SSSR count). The van der Waals surface area contributed by atoms with E-state index < -0.39 is 0 Å². The zero-order chi connectivity index (χ0) is 15.4. The van der Waals surface area contributed by atoms with Crippen LogP contribution in [0.25, 0.3) is 11.0 Å². The van der Waals surface area contributed by atoms with Gasteiger partial charge in [-0.3, -0.25) is 0 Å². The maximum Gasteiger partial charge on any atom is 0.171 e. The molecule has 0 fully saturated rings. The molecule has 0 saturated heterocycles. The van der Waals surface area contributed by atoms with Gasteiger partial charge in [-0.05, 0) is 24.4 Å². The van der Waals surface area contributed by atoms with Gasteiger partial charge in [0.05, 0.1) is 23.6 Å². The predicted molar refractivity (Wildman–Crippen MR) is 89.6 cm³/mol. The van der Waals surface area contributed by atoms with Crippen LogP contribution >= 0.6 is 12.2 Å². The molecular formula is C14H15N7S. The largest absolute Gasteiger partial charge is 0.359 e. The smallest absolute Gasteiger partial charge is 0.171 e. The first kappa shape index (κ1) is 14.2. The summed E-state index contributed by atoms with van der Waals surface area (Å²) < 4.78 is 3.56. The summed E-state index contributed by atoms with van der Waals surface area (Å²) in [5, 5.41) is 19.1. The number of thiocarbonyl (C=S) groups is 1. The molecule has 8 heteroatoms. The summed E-state index contributed by atoms with van der Waals surface area (Å²) in [6.07, 6.45) is 5.31. The van der Waals surface area contributed by atoms with Crippen LogP contribution < -0.4 is 10.6 Å². The number of hydrogen-bond donors (Lipinski definition) is 2. The van der Waals surface area contributed by atoms with E-state index in [2.05, 4.69) is 32.6 Å². The van der Waals surface area contributed by atoms with E-state index in [-0.39, 0.29) is 0 Å². The van der Waals surface area contributed by atoms with Gasteiger partial charge in [-0.15, -0.1) is 11.7 Å². The normalized spacial score (nSPS) is 10.5. The number of aromatic nitrogens is 5. The number of anilines is 1. The molecular weight excluding hydrogens is 298 g/mol. The lowest BCUT2D eigenvalue weighted by atomic mass is 10.3. The first-order valence-corrected chi connectivity index (χ1v) is 7.13. The van der Waals surface area contributed by atoms with E-state index in [4.69, 9.17) is 12.2 Å². The van der Waals surface area contributed by atoms with Gasteiger partial charge in [-0.2, -0.15) is 5.10 Å². The number of nitrogens with zero attached hydrogens (tertiary/aromatic N) is 5. The van der Waals surface area contributed by atoms with E-state index in [1.807, 2.05) is 30.5 Å². The summed E-state index contributed by atoms with van der Waals surface area (Å²) in [6.45, 7) is 4.73. The van der Waals surface area contributed by atoms with E-state index in [0.717, 1.165) is 16.7 Å². The summed E-state index contributed by atoms with van der Waals surface area (Å²) in [4.78, 5) is 0. The first-order chi connectivity index (χ1) is 10.8. The van der Waals surface area contributed by atoms with Gasteiger partial charge in [0.2, 0.25) is 0 Å². The topological polar surface area (TPSA) is 72.6 Å². The molecule has 0 atom stereocenters. The number of nitrogens with one attached hydrogen (secondary N) is 2. The van der Waals surface area contributed by atoms with E-state index in [0.29, 0.717) is 18.3 Å². The fourth-order valence-corrected chi connectivity index (χ4v) is 2.21. The average Bonchev–Trinajstić information content (AvgIpc) is 3.13. The highest BCUT2D eigenvalue weighted by molar-refractivity contribution is 7.80. The maximum absolute atomic E-state index is 5.16. The molecule has 0 spiro atoms. The minimum atomic E-state index is 0.481. The number of rotatable bonds is 5. The molecule has 0 aliphatic rings. The molecule has 22 heavy (non-hydrogen) atoms. The van der Waals surface area contributed by atoms with Crippen molar-refractivity contribution < 1.29 is 0 Å². The van der Waals surface area contributed by atoms with E-state index in [9.17, 15) is 0 Å². The van der Waals surface area contributed by atoms with Crippen molar-refractivity contribution >= 4 is 34.1 Å². The second-order valence-corrected chi connectivity index (χ2v) is 5.02. The van der Waals surface area contributed by atoms with Crippen LogP contribution in [0.3, 0.4) is 0 Å². The van der Waals surface area contributed by atoms with Gasteiger partial charge in [0.15, 0.2) is 5.11 Å². The fourth-order valence-electron chi connectivity index (χ4n) is 2.00. The molecule has 112 valence electrons. The summed E-state index contributed by atoms with van der Waals surface area (Å²) in [7, 11) is 0. The SMILES string of the molecule is C=CCNC(=S)Nc1cnn(Cn2nnc3ccccc32)c1. The minimum absolute atomic E-state index is 0.481. The highest BCUT2D eigenvalue weighted by Crippen LogP contribution is 2.11. The standard InChI is InChI=1S/C14H15N7S/c1-2-7-15-14(22)17-11-8-16-20(9-11)10-21-13-6-4-3-5-12(13)18-19-21/h2-6,8-9H,1,7,10H2,(H2,15,17,22). The summed E-state index contributed by atoms with van der Waals surface area (Å²) in [5.41, 5.74) is 2.64. The Morgan fingerprint density at radius 1 is 1.36 bits per heavy atom. The van der Waals surface area contributed by atoms with Gasteiger partial charge in [-0.25, -0.2) is 9.36 Å². The molecule has 0 amide bonds. The van der Waals surface area contributed by atoms with Crippen molar-refractivity contribution in [3.05, 3.63) is 49.3 Å². The number of hydrogen-bond acceptors (Lipinski definition) is 4. The van der Waals surface area contributed by atoms with Crippen LogP contribution in [0.1, 0.15) is 0 Å².